The lowest BCUT2D eigenvalue weighted by Gasteiger charge is -2.03. The summed E-state index contributed by atoms with van der Waals surface area (Å²) >= 11 is 0. The molecule has 0 aliphatic heterocycles. The van der Waals surface area contributed by atoms with Gasteiger partial charge in [-0.25, -0.2) is 0 Å². The van der Waals surface area contributed by atoms with Gasteiger partial charge in [-0.15, -0.1) is 0 Å². The van der Waals surface area contributed by atoms with Gasteiger partial charge in [-0.2, -0.15) is 0 Å². The number of benzene rings is 3. The zero-order valence-electron chi connectivity index (χ0n) is 19.7. The summed E-state index contributed by atoms with van der Waals surface area (Å²) in [6.07, 6.45) is 4.06. The van der Waals surface area contributed by atoms with Gasteiger partial charge in [0.1, 0.15) is 0 Å². The molecule has 0 saturated heterocycles. The first kappa shape index (κ1) is 28.3. The van der Waals surface area contributed by atoms with E-state index in [0.29, 0.717) is 6.42 Å². The minimum absolute atomic E-state index is 0.262. The maximum absolute atomic E-state index is 10.8. The first-order valence-corrected chi connectivity index (χ1v) is 10.9. The van der Waals surface area contributed by atoms with E-state index in [1.165, 1.54) is 0 Å². The number of carbonyl (C=O) groups excluding carboxylic acids is 2. The molecule has 0 aliphatic carbocycles. The molecule has 0 radical (unpaired) electrons. The molecule has 0 saturated carbocycles. The van der Waals surface area contributed by atoms with Crippen LogP contribution in [-0.2, 0) is 22.4 Å². The third-order valence-electron chi connectivity index (χ3n) is 4.21. The fourth-order valence-electron chi connectivity index (χ4n) is 2.93. The number of amides is 2. The monoisotopic (exact) mass is 432 g/mol. The predicted octanol–water partition coefficient (Wildman–Crippen LogP) is 5.92. The van der Waals surface area contributed by atoms with Gasteiger partial charge in [-0.05, 0) is 33.0 Å². The molecule has 3 aromatic rings. The number of hydrogen-bond acceptors (Lipinski definition) is 2. The van der Waals surface area contributed by atoms with Crippen molar-refractivity contribution < 1.29 is 9.59 Å². The average Bonchev–Trinajstić information content (AvgIpc) is 2.81. The van der Waals surface area contributed by atoms with Gasteiger partial charge in [0.15, 0.2) is 0 Å². The highest BCUT2D eigenvalue weighted by Crippen LogP contribution is 2.18. The Hall–Kier alpha value is -3.66. The Labute approximate surface area is 192 Å². The van der Waals surface area contributed by atoms with Gasteiger partial charge in [0.25, 0.3) is 0 Å². The zero-order chi connectivity index (χ0) is 24.5. The molecule has 32 heavy (non-hydrogen) atoms. The van der Waals surface area contributed by atoms with Crippen molar-refractivity contribution in [2.75, 3.05) is 0 Å². The lowest BCUT2D eigenvalue weighted by atomic mass is 10.0. The van der Waals surface area contributed by atoms with E-state index in [0.717, 1.165) is 33.0 Å². The SMILES string of the molecule is C=Cc1ccc(CC(N)=O)cc1C=C.CC.CC.NC(=O)Cc1cccc2ccccc12. The second kappa shape index (κ2) is 16.1. The number of nitrogens with two attached hydrogens (primary N) is 2. The van der Waals surface area contributed by atoms with Crippen LogP contribution < -0.4 is 11.5 Å². The molecule has 4 N–H and O–H groups in total. The van der Waals surface area contributed by atoms with Crippen LogP contribution >= 0.6 is 0 Å². The first-order chi connectivity index (χ1) is 15.4. The molecule has 3 rings (SSSR count). The van der Waals surface area contributed by atoms with Crippen molar-refractivity contribution in [1.29, 1.82) is 0 Å². The third-order valence-corrected chi connectivity index (χ3v) is 4.21. The normalized spacial score (nSPS) is 9.00. The number of carbonyl (C=O) groups is 2. The van der Waals surface area contributed by atoms with Crippen LogP contribution in [0.2, 0.25) is 0 Å². The second-order valence-electron chi connectivity index (χ2n) is 6.30. The second-order valence-corrected chi connectivity index (χ2v) is 6.30. The molecule has 0 bridgehead atoms. The fourth-order valence-corrected chi connectivity index (χ4v) is 2.93. The minimum Gasteiger partial charge on any atom is -0.369 e. The molecule has 0 aromatic heterocycles. The molecule has 4 nitrogen and oxygen atoms in total. The summed E-state index contributed by atoms with van der Waals surface area (Å²) in [7, 11) is 0. The van der Waals surface area contributed by atoms with E-state index >= 15 is 0 Å². The molecule has 0 fully saturated rings. The Morgan fingerprint density at radius 2 is 1.31 bits per heavy atom. The summed E-state index contributed by atoms with van der Waals surface area (Å²) < 4.78 is 0. The maximum atomic E-state index is 10.8. The Balaban J connectivity index is 0.000000520. The molecule has 0 spiro atoms. The maximum Gasteiger partial charge on any atom is 0.221 e. The molecular formula is C28H36N2O2. The summed E-state index contributed by atoms with van der Waals surface area (Å²) in [5, 5.41) is 2.25. The van der Waals surface area contributed by atoms with E-state index < -0.39 is 0 Å². The van der Waals surface area contributed by atoms with Crippen LogP contribution in [0.3, 0.4) is 0 Å². The Bertz CT molecular complexity index is 1020. The van der Waals surface area contributed by atoms with Crippen molar-refractivity contribution in [2.45, 2.75) is 40.5 Å². The van der Waals surface area contributed by atoms with Crippen LogP contribution in [0.4, 0.5) is 0 Å². The average molecular weight is 433 g/mol. The molecule has 0 aliphatic rings. The molecule has 2 amide bonds. The van der Waals surface area contributed by atoms with E-state index in [-0.39, 0.29) is 18.2 Å². The van der Waals surface area contributed by atoms with Crippen LogP contribution in [0.1, 0.15) is 49.9 Å². The van der Waals surface area contributed by atoms with Gasteiger partial charge in [-0.1, -0.05) is 114 Å². The van der Waals surface area contributed by atoms with Gasteiger partial charge < -0.3 is 11.5 Å². The van der Waals surface area contributed by atoms with Crippen molar-refractivity contribution in [3.63, 3.8) is 0 Å². The highest BCUT2D eigenvalue weighted by atomic mass is 16.1. The molecular weight excluding hydrogens is 396 g/mol. The minimum atomic E-state index is -0.327. The number of rotatable bonds is 6. The van der Waals surface area contributed by atoms with Crippen molar-refractivity contribution >= 4 is 34.7 Å². The van der Waals surface area contributed by atoms with Crippen molar-refractivity contribution in [3.05, 3.63) is 96.1 Å². The quantitative estimate of drug-likeness (QED) is 0.506. The molecule has 0 unspecified atom stereocenters. The summed E-state index contributed by atoms with van der Waals surface area (Å²) in [5.41, 5.74) is 14.2. The van der Waals surface area contributed by atoms with E-state index in [1.54, 1.807) is 12.2 Å². The van der Waals surface area contributed by atoms with Gasteiger partial charge in [-0.3, -0.25) is 9.59 Å². The van der Waals surface area contributed by atoms with Crippen LogP contribution in [0, 0.1) is 0 Å². The number of hydrogen-bond donors (Lipinski definition) is 2. The topological polar surface area (TPSA) is 86.2 Å². The van der Waals surface area contributed by atoms with Gasteiger partial charge in [0.05, 0.1) is 12.8 Å². The van der Waals surface area contributed by atoms with E-state index in [9.17, 15) is 9.59 Å². The van der Waals surface area contributed by atoms with Crippen molar-refractivity contribution in [3.8, 4) is 0 Å². The third kappa shape index (κ3) is 9.43. The van der Waals surface area contributed by atoms with Gasteiger partial charge in [0, 0.05) is 0 Å². The van der Waals surface area contributed by atoms with Gasteiger partial charge in [0.2, 0.25) is 11.8 Å². The van der Waals surface area contributed by atoms with E-state index in [1.807, 2.05) is 88.4 Å². The molecule has 170 valence electrons. The lowest BCUT2D eigenvalue weighted by molar-refractivity contribution is -0.118. The predicted molar refractivity (Wildman–Crippen MR) is 139 cm³/mol. The van der Waals surface area contributed by atoms with Gasteiger partial charge >= 0.3 is 0 Å². The summed E-state index contributed by atoms with van der Waals surface area (Å²) in [6.45, 7) is 15.4. The summed E-state index contributed by atoms with van der Waals surface area (Å²) in [4.78, 5) is 21.5. The zero-order valence-corrected chi connectivity index (χ0v) is 19.7. The molecule has 0 atom stereocenters. The van der Waals surface area contributed by atoms with Crippen LogP contribution in [0.15, 0.2) is 73.8 Å². The number of primary amides is 2. The highest BCUT2D eigenvalue weighted by molar-refractivity contribution is 5.89. The molecule has 3 aromatic carbocycles. The lowest BCUT2D eigenvalue weighted by Crippen LogP contribution is -2.13. The Kier molecular flexibility index (Phi) is 14.2. The van der Waals surface area contributed by atoms with Crippen molar-refractivity contribution in [1.82, 2.24) is 0 Å². The van der Waals surface area contributed by atoms with E-state index in [4.69, 9.17) is 11.5 Å². The van der Waals surface area contributed by atoms with E-state index in [2.05, 4.69) is 13.2 Å². The first-order valence-electron chi connectivity index (χ1n) is 10.9. The summed E-state index contributed by atoms with van der Waals surface area (Å²) in [6, 6.07) is 19.6. The summed E-state index contributed by atoms with van der Waals surface area (Å²) in [5.74, 6) is -0.618. The Morgan fingerprint density at radius 3 is 1.88 bits per heavy atom. The molecule has 4 heteroatoms. The largest absolute Gasteiger partial charge is 0.369 e. The highest BCUT2D eigenvalue weighted by Gasteiger charge is 2.03. The van der Waals surface area contributed by atoms with Crippen LogP contribution in [0.5, 0.6) is 0 Å². The fraction of sp³-hybridized carbons (Fsp3) is 0.214. The smallest absolute Gasteiger partial charge is 0.221 e. The number of fused-ring (bicyclic) bond motifs is 1. The Morgan fingerprint density at radius 1 is 0.750 bits per heavy atom. The van der Waals surface area contributed by atoms with Crippen LogP contribution in [-0.4, -0.2) is 11.8 Å². The standard InChI is InChI=1S/C12H11NO.C12H13NO.2C2H6/c13-12(14)8-10-6-3-5-9-4-1-2-7-11(9)10;1-3-10-6-5-9(8-12(13)14)7-11(10)4-2;2*1-2/h1-7H,8H2,(H2,13,14);3-7H,1-2,8H2,(H2,13,14);2*1-2H3. The molecule has 0 heterocycles. The van der Waals surface area contributed by atoms with Crippen LogP contribution in [0.25, 0.3) is 22.9 Å². The van der Waals surface area contributed by atoms with Crippen molar-refractivity contribution in [2.24, 2.45) is 11.5 Å².